The number of hydrogen-bond donors (Lipinski definition) is 1. The fourth-order valence-electron chi connectivity index (χ4n) is 2.03. The van der Waals surface area contributed by atoms with E-state index in [1.165, 1.54) is 0 Å². The Balaban J connectivity index is 2.91. The molecular formula is C13H24N2OS. The van der Waals surface area contributed by atoms with Crippen molar-refractivity contribution in [3.63, 3.8) is 0 Å². The quantitative estimate of drug-likeness (QED) is 0.815. The van der Waals surface area contributed by atoms with Crippen molar-refractivity contribution in [2.24, 2.45) is 5.73 Å². The average Bonchev–Trinajstić information content (AvgIpc) is 2.74. The van der Waals surface area contributed by atoms with E-state index in [1.54, 1.807) is 11.3 Å². The molecule has 1 aromatic heterocycles. The predicted octanol–water partition coefficient (Wildman–Crippen LogP) is 3.08. The van der Waals surface area contributed by atoms with Crippen molar-refractivity contribution in [1.82, 2.24) is 4.98 Å². The highest BCUT2D eigenvalue weighted by Gasteiger charge is 2.32. The van der Waals surface area contributed by atoms with Gasteiger partial charge in [0.15, 0.2) is 0 Å². The van der Waals surface area contributed by atoms with Gasteiger partial charge in [0.25, 0.3) is 0 Å². The lowest BCUT2D eigenvalue weighted by molar-refractivity contribution is -0.0507. The first-order chi connectivity index (χ1) is 8.07. The van der Waals surface area contributed by atoms with Crippen LogP contribution >= 0.6 is 11.3 Å². The van der Waals surface area contributed by atoms with Crippen LogP contribution in [0.25, 0.3) is 0 Å². The zero-order valence-corrected chi connectivity index (χ0v) is 12.1. The van der Waals surface area contributed by atoms with Gasteiger partial charge in [-0.15, -0.1) is 11.3 Å². The zero-order chi connectivity index (χ0) is 12.9. The van der Waals surface area contributed by atoms with Crippen molar-refractivity contribution >= 4 is 11.3 Å². The lowest BCUT2D eigenvalue weighted by Crippen LogP contribution is -2.28. The zero-order valence-electron chi connectivity index (χ0n) is 11.3. The van der Waals surface area contributed by atoms with Gasteiger partial charge in [-0.2, -0.15) is 0 Å². The van der Waals surface area contributed by atoms with Crippen molar-refractivity contribution in [2.45, 2.75) is 58.6 Å². The molecule has 0 amide bonds. The summed E-state index contributed by atoms with van der Waals surface area (Å²) >= 11 is 1.70. The summed E-state index contributed by atoms with van der Waals surface area (Å²) in [4.78, 5) is 4.70. The third-order valence-corrected chi connectivity index (χ3v) is 4.11. The molecule has 0 saturated heterocycles. The van der Waals surface area contributed by atoms with Gasteiger partial charge in [-0.25, -0.2) is 4.98 Å². The smallest absolute Gasteiger partial charge is 0.125 e. The van der Waals surface area contributed by atoms with Gasteiger partial charge in [0.05, 0.1) is 5.69 Å². The largest absolute Gasteiger partial charge is 0.368 e. The highest BCUT2D eigenvalue weighted by Crippen LogP contribution is 2.35. The molecule has 0 aliphatic rings. The Bertz CT molecular complexity index is 332. The Kier molecular flexibility index (Phi) is 5.56. The summed E-state index contributed by atoms with van der Waals surface area (Å²) in [5, 5.41) is 3.21. The second-order valence-electron chi connectivity index (χ2n) is 4.46. The lowest BCUT2D eigenvalue weighted by Gasteiger charge is -2.29. The summed E-state index contributed by atoms with van der Waals surface area (Å²) in [6.07, 6.45) is 2.76. The molecule has 0 aliphatic carbocycles. The van der Waals surface area contributed by atoms with Crippen LogP contribution in [0.5, 0.6) is 0 Å². The van der Waals surface area contributed by atoms with Gasteiger partial charge < -0.3 is 10.5 Å². The monoisotopic (exact) mass is 256 g/mol. The van der Waals surface area contributed by atoms with Crippen LogP contribution in [0.1, 0.15) is 51.2 Å². The number of ether oxygens (including phenoxy) is 1. The van der Waals surface area contributed by atoms with Crippen molar-refractivity contribution in [1.29, 1.82) is 0 Å². The standard InChI is InChI=1S/C13H24N2OS/c1-5-13(6-2,16-7-3)12-15-11(9-17-12)8-10(4)14/h9-10H,5-8,14H2,1-4H3. The molecule has 4 heteroatoms. The molecule has 0 bridgehead atoms. The highest BCUT2D eigenvalue weighted by atomic mass is 32.1. The van der Waals surface area contributed by atoms with E-state index in [0.29, 0.717) is 0 Å². The molecule has 1 unspecified atom stereocenters. The Morgan fingerprint density at radius 3 is 2.53 bits per heavy atom. The van der Waals surface area contributed by atoms with Gasteiger partial charge in [-0.05, 0) is 26.7 Å². The summed E-state index contributed by atoms with van der Waals surface area (Å²) in [5.41, 5.74) is 6.69. The van der Waals surface area contributed by atoms with Crippen LogP contribution in [0.15, 0.2) is 5.38 Å². The van der Waals surface area contributed by atoms with Gasteiger partial charge in [0.1, 0.15) is 10.6 Å². The normalized spacial score (nSPS) is 13.9. The second-order valence-corrected chi connectivity index (χ2v) is 5.32. The molecule has 0 aromatic carbocycles. The fourth-order valence-corrected chi connectivity index (χ4v) is 3.16. The molecule has 2 N–H and O–H groups in total. The van der Waals surface area contributed by atoms with E-state index in [9.17, 15) is 0 Å². The fraction of sp³-hybridized carbons (Fsp3) is 0.769. The van der Waals surface area contributed by atoms with Crippen molar-refractivity contribution in [2.75, 3.05) is 6.61 Å². The molecule has 0 saturated carbocycles. The van der Waals surface area contributed by atoms with E-state index in [1.807, 2.05) is 13.8 Å². The third kappa shape index (κ3) is 3.50. The van der Waals surface area contributed by atoms with E-state index in [0.717, 1.165) is 36.6 Å². The highest BCUT2D eigenvalue weighted by molar-refractivity contribution is 7.09. The van der Waals surface area contributed by atoms with Crippen LogP contribution in [0.3, 0.4) is 0 Å². The molecule has 0 radical (unpaired) electrons. The summed E-state index contributed by atoms with van der Waals surface area (Å²) in [6, 6.07) is 0.162. The second kappa shape index (κ2) is 6.47. The summed E-state index contributed by atoms with van der Waals surface area (Å²) in [6.45, 7) is 9.09. The van der Waals surface area contributed by atoms with Crippen LogP contribution in [0.2, 0.25) is 0 Å². The van der Waals surface area contributed by atoms with Gasteiger partial charge in [-0.3, -0.25) is 0 Å². The molecular weight excluding hydrogens is 232 g/mol. The Morgan fingerprint density at radius 2 is 2.06 bits per heavy atom. The number of hydrogen-bond acceptors (Lipinski definition) is 4. The molecule has 3 nitrogen and oxygen atoms in total. The van der Waals surface area contributed by atoms with E-state index in [-0.39, 0.29) is 11.6 Å². The van der Waals surface area contributed by atoms with Crippen LogP contribution in [-0.2, 0) is 16.8 Å². The van der Waals surface area contributed by atoms with Crippen molar-refractivity contribution in [3.05, 3.63) is 16.1 Å². The number of nitrogens with two attached hydrogens (primary N) is 1. The van der Waals surface area contributed by atoms with Gasteiger partial charge in [0, 0.05) is 24.4 Å². The molecule has 0 spiro atoms. The predicted molar refractivity (Wildman–Crippen MR) is 73.4 cm³/mol. The van der Waals surface area contributed by atoms with Crippen molar-refractivity contribution in [3.8, 4) is 0 Å². The number of thiazole rings is 1. The van der Waals surface area contributed by atoms with Gasteiger partial charge in [0.2, 0.25) is 0 Å². The first-order valence-corrected chi connectivity index (χ1v) is 7.30. The molecule has 17 heavy (non-hydrogen) atoms. The van der Waals surface area contributed by atoms with Crippen LogP contribution in [-0.4, -0.2) is 17.6 Å². The molecule has 1 aromatic rings. The summed E-state index contributed by atoms with van der Waals surface area (Å²) in [5.74, 6) is 0. The topological polar surface area (TPSA) is 48.1 Å². The minimum absolute atomic E-state index is 0.162. The number of rotatable bonds is 7. The van der Waals surface area contributed by atoms with E-state index < -0.39 is 0 Å². The van der Waals surface area contributed by atoms with Gasteiger partial charge >= 0.3 is 0 Å². The van der Waals surface area contributed by atoms with Crippen molar-refractivity contribution < 1.29 is 4.74 Å². The van der Waals surface area contributed by atoms with E-state index in [2.05, 4.69) is 19.2 Å². The molecule has 0 fully saturated rings. The number of aromatic nitrogens is 1. The van der Waals surface area contributed by atoms with Gasteiger partial charge in [-0.1, -0.05) is 13.8 Å². The minimum atomic E-state index is -0.199. The third-order valence-electron chi connectivity index (χ3n) is 3.04. The molecule has 98 valence electrons. The molecule has 1 rings (SSSR count). The van der Waals surface area contributed by atoms with E-state index >= 15 is 0 Å². The maximum Gasteiger partial charge on any atom is 0.125 e. The minimum Gasteiger partial charge on any atom is -0.368 e. The Labute approximate surface area is 108 Å². The maximum absolute atomic E-state index is 5.95. The van der Waals surface area contributed by atoms with Crippen LogP contribution in [0.4, 0.5) is 0 Å². The molecule has 0 aliphatic heterocycles. The SMILES string of the molecule is CCOC(CC)(CC)c1nc(CC(C)N)cs1. The van der Waals surface area contributed by atoms with Crippen LogP contribution in [0, 0.1) is 0 Å². The van der Waals surface area contributed by atoms with E-state index in [4.69, 9.17) is 15.5 Å². The first kappa shape index (κ1) is 14.6. The maximum atomic E-state index is 5.95. The summed E-state index contributed by atoms with van der Waals surface area (Å²) < 4.78 is 5.95. The molecule has 1 atom stereocenters. The Morgan fingerprint density at radius 1 is 1.41 bits per heavy atom. The summed E-state index contributed by atoms with van der Waals surface area (Å²) in [7, 11) is 0. The number of nitrogens with zero attached hydrogens (tertiary/aromatic N) is 1. The Hall–Kier alpha value is -0.450. The lowest BCUT2D eigenvalue weighted by atomic mass is 9.98. The first-order valence-electron chi connectivity index (χ1n) is 6.42. The molecule has 1 heterocycles. The average molecular weight is 256 g/mol. The van der Waals surface area contributed by atoms with Crippen LogP contribution < -0.4 is 5.73 Å².